The first-order valence-electron chi connectivity index (χ1n) is 17.3. The van der Waals surface area contributed by atoms with E-state index in [4.69, 9.17) is 25.5 Å². The van der Waals surface area contributed by atoms with Gasteiger partial charge in [-0.2, -0.15) is 10.2 Å². The predicted molar refractivity (Wildman–Crippen MR) is 202 cm³/mol. The van der Waals surface area contributed by atoms with E-state index in [1.807, 2.05) is 115 Å². The Morgan fingerprint density at radius 1 is 0.788 bits per heavy atom. The maximum absolute atomic E-state index is 9.38. The van der Waals surface area contributed by atoms with Crippen LogP contribution < -0.4 is 14.4 Å². The number of hydrogen-bond acceptors (Lipinski definition) is 8. The fourth-order valence-electron chi connectivity index (χ4n) is 6.06. The van der Waals surface area contributed by atoms with E-state index in [9.17, 15) is 5.26 Å². The van der Waals surface area contributed by atoms with E-state index in [1.165, 1.54) is 0 Å². The number of ether oxygens (including phenoxy) is 4. The summed E-state index contributed by atoms with van der Waals surface area (Å²) in [6.45, 7) is 14.3. The molecule has 260 valence electrons. The minimum absolute atomic E-state index is 0.0182. The molecule has 2 saturated heterocycles. The highest BCUT2D eigenvalue weighted by atomic mass is 16.6. The average Bonchev–Trinajstić information content (AvgIpc) is 4.10. The molecule has 9 heteroatoms. The number of benzene rings is 4. The molecule has 2 aliphatic heterocycles. The molecule has 0 amide bonds. The van der Waals surface area contributed by atoms with E-state index in [0.717, 1.165) is 82.7 Å². The van der Waals surface area contributed by atoms with Crippen LogP contribution in [0, 0.1) is 23.3 Å². The van der Waals surface area contributed by atoms with Crippen LogP contribution in [0.25, 0.3) is 10.9 Å². The molecular weight excluding hydrogens is 651 g/mol. The lowest BCUT2D eigenvalue weighted by Gasteiger charge is -2.30. The first-order chi connectivity index (χ1) is 25.3. The highest BCUT2D eigenvalue weighted by Crippen LogP contribution is 2.40. The summed E-state index contributed by atoms with van der Waals surface area (Å²) in [5, 5.41) is 18.4. The van der Waals surface area contributed by atoms with Crippen LogP contribution >= 0.6 is 0 Å². The number of hydrogen-bond donors (Lipinski definition) is 0. The molecule has 7 rings (SSSR count). The number of allylic oxidation sites excluding steroid dienone is 5. The molecular formula is C43H39N5O4. The molecule has 0 N–H and O–H groups in total. The minimum atomic E-state index is -0.0182. The van der Waals surface area contributed by atoms with Crippen molar-refractivity contribution in [3.8, 4) is 17.6 Å². The molecule has 52 heavy (non-hydrogen) atoms. The SMILES string of the molecule is [C-]#[N+]C(C#N)=C1C=C(C=Cc2ccc(N=Nc3ccc(N(c4ccc(OCC5CO5)cc4)c4ccc(OCC5CO5)cc4)cc3)cc2)CC(C)(C)C1. The fourth-order valence-corrected chi connectivity index (χ4v) is 6.06. The molecule has 3 aliphatic rings. The fraction of sp³-hybridized carbons (Fsp3) is 0.256. The number of anilines is 3. The van der Waals surface area contributed by atoms with Crippen molar-refractivity contribution in [1.82, 2.24) is 0 Å². The van der Waals surface area contributed by atoms with Gasteiger partial charge in [-0.15, -0.1) is 0 Å². The summed E-state index contributed by atoms with van der Waals surface area (Å²) < 4.78 is 22.3. The van der Waals surface area contributed by atoms with Gasteiger partial charge in [0.15, 0.2) is 0 Å². The summed E-state index contributed by atoms with van der Waals surface area (Å²) in [5.74, 6) is 1.60. The number of nitrogens with zero attached hydrogens (tertiary/aromatic N) is 5. The van der Waals surface area contributed by atoms with Crippen molar-refractivity contribution in [3.63, 3.8) is 0 Å². The third-order valence-electron chi connectivity index (χ3n) is 8.87. The van der Waals surface area contributed by atoms with Gasteiger partial charge in [0.2, 0.25) is 0 Å². The van der Waals surface area contributed by atoms with E-state index >= 15 is 0 Å². The molecule has 0 spiro atoms. The van der Waals surface area contributed by atoms with E-state index in [2.05, 4.69) is 39.9 Å². The molecule has 0 aromatic heterocycles. The van der Waals surface area contributed by atoms with Gasteiger partial charge in [0, 0.05) is 17.1 Å². The normalized spacial score (nSPS) is 19.7. The van der Waals surface area contributed by atoms with E-state index in [0.29, 0.717) is 13.2 Å². The van der Waals surface area contributed by atoms with Gasteiger partial charge in [0.05, 0.1) is 37.2 Å². The highest BCUT2D eigenvalue weighted by Gasteiger charge is 2.27. The van der Waals surface area contributed by atoms with Gasteiger partial charge in [0.1, 0.15) is 36.9 Å². The lowest BCUT2D eigenvalue weighted by atomic mass is 9.74. The van der Waals surface area contributed by atoms with Gasteiger partial charge in [-0.1, -0.05) is 44.2 Å². The van der Waals surface area contributed by atoms with Crippen LogP contribution in [0.5, 0.6) is 11.5 Å². The van der Waals surface area contributed by atoms with Crippen molar-refractivity contribution >= 4 is 34.5 Å². The Hall–Kier alpha value is -6.00. The van der Waals surface area contributed by atoms with Crippen LogP contribution in [0.3, 0.4) is 0 Å². The number of epoxide rings is 2. The first-order valence-corrected chi connectivity index (χ1v) is 17.3. The predicted octanol–water partition coefficient (Wildman–Crippen LogP) is 10.6. The van der Waals surface area contributed by atoms with Crippen molar-refractivity contribution in [3.05, 3.63) is 143 Å². The Morgan fingerprint density at radius 2 is 1.27 bits per heavy atom. The van der Waals surface area contributed by atoms with Crippen molar-refractivity contribution in [2.24, 2.45) is 15.6 Å². The standard InChI is InChI=1S/C43H39N5O4/c1-43(2)23-31(22-32(24-43)42(25-44)45-3)5-4-30-6-8-33(9-7-30)46-47-34-10-12-35(13-11-34)48(36-14-18-38(19-15-36)49-26-40-28-51-40)37-16-20-39(21-17-37)50-27-41-29-52-41/h4-22,40-41H,23-24,26-29H2,1-2H3. The number of azo groups is 1. The Morgan fingerprint density at radius 3 is 1.73 bits per heavy atom. The molecule has 2 unspecified atom stereocenters. The molecule has 0 bridgehead atoms. The van der Waals surface area contributed by atoms with Crippen LogP contribution in [0.4, 0.5) is 28.4 Å². The molecule has 2 fully saturated rings. The monoisotopic (exact) mass is 689 g/mol. The summed E-state index contributed by atoms with van der Waals surface area (Å²) in [7, 11) is 0. The lowest BCUT2D eigenvalue weighted by Crippen LogP contribution is -2.17. The lowest BCUT2D eigenvalue weighted by molar-refractivity contribution is 0.263. The molecule has 4 aromatic rings. The second kappa shape index (κ2) is 15.5. The summed E-state index contributed by atoms with van der Waals surface area (Å²) >= 11 is 0. The van der Waals surface area contributed by atoms with Crippen LogP contribution in [-0.2, 0) is 9.47 Å². The zero-order valence-electron chi connectivity index (χ0n) is 29.2. The summed E-state index contributed by atoms with van der Waals surface area (Å²) in [6, 6.07) is 34.0. The third-order valence-corrected chi connectivity index (χ3v) is 8.87. The zero-order valence-corrected chi connectivity index (χ0v) is 29.2. The number of rotatable bonds is 13. The van der Waals surface area contributed by atoms with Crippen molar-refractivity contribution in [1.29, 1.82) is 5.26 Å². The molecule has 2 heterocycles. The topological polar surface area (TPSA) is 99.6 Å². The second-order valence-electron chi connectivity index (χ2n) is 13.8. The van der Waals surface area contributed by atoms with E-state index in [-0.39, 0.29) is 23.3 Å². The number of nitriles is 1. The molecule has 1 aliphatic carbocycles. The van der Waals surface area contributed by atoms with Gasteiger partial charge in [-0.3, -0.25) is 0 Å². The quantitative estimate of drug-likeness (QED) is 0.0599. The molecule has 9 nitrogen and oxygen atoms in total. The summed E-state index contributed by atoms with van der Waals surface area (Å²) in [5.41, 5.74) is 7.49. The second-order valence-corrected chi connectivity index (χ2v) is 13.8. The maximum Gasteiger partial charge on any atom is 0.265 e. The summed E-state index contributed by atoms with van der Waals surface area (Å²) in [6.07, 6.45) is 8.10. The third kappa shape index (κ3) is 9.21. The summed E-state index contributed by atoms with van der Waals surface area (Å²) in [4.78, 5) is 5.60. The van der Waals surface area contributed by atoms with Crippen LogP contribution in [0.1, 0.15) is 32.3 Å². The van der Waals surface area contributed by atoms with E-state index in [1.54, 1.807) is 0 Å². The average molecular weight is 690 g/mol. The largest absolute Gasteiger partial charge is 0.491 e. The van der Waals surface area contributed by atoms with E-state index < -0.39 is 0 Å². The molecule has 0 saturated carbocycles. The van der Waals surface area contributed by atoms with Gasteiger partial charge >= 0.3 is 0 Å². The molecule has 4 aromatic carbocycles. The highest BCUT2D eigenvalue weighted by molar-refractivity contribution is 5.77. The molecule has 2 atom stereocenters. The van der Waals surface area contributed by atoms with Gasteiger partial charge in [-0.25, -0.2) is 10.1 Å². The maximum atomic E-state index is 9.38. The van der Waals surface area contributed by atoms with Crippen molar-refractivity contribution in [2.45, 2.75) is 38.9 Å². The molecule has 0 radical (unpaired) electrons. The smallest absolute Gasteiger partial charge is 0.265 e. The Labute approximate surface area is 304 Å². The van der Waals surface area contributed by atoms with Crippen LogP contribution in [0.15, 0.2) is 136 Å². The van der Waals surface area contributed by atoms with Gasteiger partial charge in [0.25, 0.3) is 5.70 Å². The Kier molecular flexibility index (Phi) is 10.3. The Balaban J connectivity index is 1.04. The van der Waals surface area contributed by atoms with Crippen LogP contribution in [0.2, 0.25) is 0 Å². The Bertz CT molecular complexity index is 2000. The van der Waals surface area contributed by atoms with Crippen LogP contribution in [-0.4, -0.2) is 38.6 Å². The van der Waals surface area contributed by atoms with Crippen molar-refractivity contribution < 1.29 is 18.9 Å². The first kappa shape index (κ1) is 34.4. The van der Waals surface area contributed by atoms with Crippen molar-refractivity contribution in [2.75, 3.05) is 31.3 Å². The zero-order chi connectivity index (χ0) is 35.9. The van der Waals surface area contributed by atoms with Gasteiger partial charge < -0.3 is 23.8 Å². The van der Waals surface area contributed by atoms with Gasteiger partial charge in [-0.05, 0) is 120 Å². The minimum Gasteiger partial charge on any atom is -0.491 e.